The minimum absolute atomic E-state index is 0.0199. The van der Waals surface area contributed by atoms with Crippen molar-refractivity contribution in [2.75, 3.05) is 21.1 Å². The van der Waals surface area contributed by atoms with Gasteiger partial charge >= 0.3 is 0 Å². The number of carbonyl (C=O) groups excluding carboxylic acids is 1. The average Bonchev–Trinajstić information content (AvgIpc) is 2.88. The molecule has 1 N–H and O–H groups in total. The van der Waals surface area contributed by atoms with Crippen LogP contribution in [0.25, 0.3) is 10.2 Å². The van der Waals surface area contributed by atoms with Gasteiger partial charge in [-0.05, 0) is 45.3 Å². The van der Waals surface area contributed by atoms with Crippen LogP contribution in [0.5, 0.6) is 0 Å². The smallest absolute Gasteiger partial charge is 0.263 e. The van der Waals surface area contributed by atoms with E-state index in [1.807, 2.05) is 19.0 Å². The summed E-state index contributed by atoms with van der Waals surface area (Å²) in [6.07, 6.45) is 4.28. The van der Waals surface area contributed by atoms with Gasteiger partial charge in [0.25, 0.3) is 5.56 Å². The van der Waals surface area contributed by atoms with Crippen LogP contribution in [0, 0.1) is 0 Å². The first kappa shape index (κ1) is 16.1. The Kier molecular flexibility index (Phi) is 4.50. The second-order valence-corrected chi connectivity index (χ2v) is 7.30. The van der Waals surface area contributed by atoms with Crippen LogP contribution >= 0.6 is 11.3 Å². The topological polar surface area (TPSA) is 67.2 Å². The second kappa shape index (κ2) is 6.41. The van der Waals surface area contributed by atoms with Gasteiger partial charge in [0.1, 0.15) is 17.2 Å². The Morgan fingerprint density at radius 3 is 2.78 bits per heavy atom. The Morgan fingerprint density at radius 2 is 2.09 bits per heavy atom. The molecule has 0 unspecified atom stereocenters. The van der Waals surface area contributed by atoms with Gasteiger partial charge in [-0.3, -0.25) is 14.2 Å². The summed E-state index contributed by atoms with van der Waals surface area (Å²) in [5.41, 5.74) is 1.09. The minimum atomic E-state index is -0.183. The molecule has 0 aliphatic heterocycles. The number of likely N-dealkylation sites (N-methyl/N-ethyl adjacent to an activating group) is 1. The van der Waals surface area contributed by atoms with Crippen LogP contribution in [0.3, 0.4) is 0 Å². The highest BCUT2D eigenvalue weighted by atomic mass is 32.1. The first-order valence-electron chi connectivity index (χ1n) is 7.90. The zero-order valence-electron chi connectivity index (χ0n) is 13.8. The van der Waals surface area contributed by atoms with E-state index in [-0.39, 0.29) is 18.0 Å². The summed E-state index contributed by atoms with van der Waals surface area (Å²) in [7, 11) is 5.44. The van der Waals surface area contributed by atoms with Crippen LogP contribution < -0.4 is 10.9 Å². The van der Waals surface area contributed by atoms with Gasteiger partial charge in [-0.25, -0.2) is 4.98 Å². The number of nitrogens with one attached hydrogen (secondary N) is 1. The number of rotatable bonds is 4. The number of carbonyl (C=O) groups is 1. The maximum Gasteiger partial charge on any atom is 0.263 e. The molecule has 7 heteroatoms. The van der Waals surface area contributed by atoms with Crippen LogP contribution in [0.1, 0.15) is 29.1 Å². The third-order valence-corrected chi connectivity index (χ3v) is 5.38. The van der Waals surface area contributed by atoms with Crippen LogP contribution in [-0.2, 0) is 30.7 Å². The maximum absolute atomic E-state index is 13.0. The van der Waals surface area contributed by atoms with E-state index in [1.165, 1.54) is 15.9 Å². The first-order chi connectivity index (χ1) is 11.0. The number of hydrogen-bond donors (Lipinski definition) is 1. The molecule has 0 fully saturated rings. The van der Waals surface area contributed by atoms with Gasteiger partial charge in [-0.1, -0.05) is 0 Å². The molecule has 2 aromatic rings. The van der Waals surface area contributed by atoms with Gasteiger partial charge in [0.05, 0.1) is 11.9 Å². The molecule has 3 rings (SSSR count). The molecule has 0 saturated heterocycles. The molecule has 6 nitrogen and oxygen atoms in total. The van der Waals surface area contributed by atoms with Crippen molar-refractivity contribution in [3.63, 3.8) is 0 Å². The van der Waals surface area contributed by atoms with E-state index < -0.39 is 0 Å². The largest absolute Gasteiger partial charge is 0.358 e. The molecule has 0 atom stereocenters. The highest BCUT2D eigenvalue weighted by Crippen LogP contribution is 2.33. The monoisotopic (exact) mass is 334 g/mol. The molecule has 1 aliphatic rings. The molecule has 1 amide bonds. The summed E-state index contributed by atoms with van der Waals surface area (Å²) < 4.78 is 1.53. The summed E-state index contributed by atoms with van der Waals surface area (Å²) in [6.45, 7) is 0.552. The molecular weight excluding hydrogens is 312 g/mol. The molecule has 124 valence electrons. The second-order valence-electron chi connectivity index (χ2n) is 6.22. The fraction of sp³-hybridized carbons (Fsp3) is 0.562. The van der Waals surface area contributed by atoms with E-state index in [1.54, 1.807) is 18.4 Å². The number of hydrogen-bond acceptors (Lipinski definition) is 5. The van der Waals surface area contributed by atoms with Crippen LogP contribution in [0.4, 0.5) is 0 Å². The van der Waals surface area contributed by atoms with Crippen molar-refractivity contribution in [3.05, 3.63) is 26.6 Å². The lowest BCUT2D eigenvalue weighted by atomic mass is 9.97. The van der Waals surface area contributed by atoms with Gasteiger partial charge in [-0.2, -0.15) is 0 Å². The predicted octanol–water partition coefficient (Wildman–Crippen LogP) is 1.14. The SMILES string of the molecule is CNC(=O)Cn1c(CN(C)C)nc2sc3c(c2c1=O)CCCC3. The third kappa shape index (κ3) is 3.03. The van der Waals surface area contributed by atoms with Crippen molar-refractivity contribution in [1.82, 2.24) is 19.8 Å². The molecule has 0 aromatic carbocycles. The molecule has 1 aliphatic carbocycles. The Labute approximate surface area is 139 Å². The molecule has 0 saturated carbocycles. The van der Waals surface area contributed by atoms with Crippen molar-refractivity contribution >= 4 is 27.5 Å². The average molecular weight is 334 g/mol. The molecule has 0 spiro atoms. The van der Waals surface area contributed by atoms with Crippen LogP contribution in [0.15, 0.2) is 4.79 Å². The lowest BCUT2D eigenvalue weighted by Gasteiger charge is -2.15. The molecule has 0 radical (unpaired) electrons. The zero-order chi connectivity index (χ0) is 16.6. The number of fused-ring (bicyclic) bond motifs is 3. The van der Waals surface area contributed by atoms with E-state index >= 15 is 0 Å². The van der Waals surface area contributed by atoms with E-state index in [2.05, 4.69) is 5.32 Å². The Balaban J connectivity index is 2.21. The van der Waals surface area contributed by atoms with E-state index in [9.17, 15) is 9.59 Å². The lowest BCUT2D eigenvalue weighted by Crippen LogP contribution is -2.34. The predicted molar refractivity (Wildman–Crippen MR) is 92.0 cm³/mol. The van der Waals surface area contributed by atoms with Crippen molar-refractivity contribution in [2.24, 2.45) is 0 Å². The van der Waals surface area contributed by atoms with Gasteiger partial charge in [0, 0.05) is 11.9 Å². The summed E-state index contributed by atoms with van der Waals surface area (Å²) >= 11 is 1.64. The van der Waals surface area contributed by atoms with Crippen molar-refractivity contribution < 1.29 is 4.79 Å². The molecule has 23 heavy (non-hydrogen) atoms. The van der Waals surface area contributed by atoms with Crippen LogP contribution in [-0.4, -0.2) is 41.5 Å². The quantitative estimate of drug-likeness (QED) is 0.911. The standard InChI is InChI=1S/C16H22N4O2S/c1-17-13(21)9-20-12(8-19(2)3)18-15-14(16(20)22)10-6-4-5-7-11(10)23-15/h4-9H2,1-3H3,(H,17,21). The first-order valence-corrected chi connectivity index (χ1v) is 8.72. The number of aryl methyl sites for hydroxylation is 2. The van der Waals surface area contributed by atoms with Gasteiger partial charge in [0.2, 0.25) is 5.91 Å². The summed E-state index contributed by atoms with van der Waals surface area (Å²) in [5, 5.41) is 3.32. The van der Waals surface area contributed by atoms with Gasteiger partial charge in [-0.15, -0.1) is 11.3 Å². The summed E-state index contributed by atoms with van der Waals surface area (Å²) in [6, 6.07) is 0. The molecule has 2 aromatic heterocycles. The zero-order valence-corrected chi connectivity index (χ0v) is 14.6. The Morgan fingerprint density at radius 1 is 1.35 bits per heavy atom. The number of amides is 1. The van der Waals surface area contributed by atoms with E-state index in [4.69, 9.17) is 4.98 Å². The normalized spacial score (nSPS) is 14.3. The maximum atomic E-state index is 13.0. The molecular formula is C16H22N4O2S. The van der Waals surface area contributed by atoms with E-state index in [0.29, 0.717) is 12.4 Å². The molecule has 0 bridgehead atoms. The fourth-order valence-electron chi connectivity index (χ4n) is 3.07. The highest BCUT2D eigenvalue weighted by Gasteiger charge is 2.22. The number of aromatic nitrogens is 2. The van der Waals surface area contributed by atoms with Crippen LogP contribution in [0.2, 0.25) is 0 Å². The van der Waals surface area contributed by atoms with Crippen molar-refractivity contribution in [3.8, 4) is 0 Å². The van der Waals surface area contributed by atoms with Gasteiger partial charge < -0.3 is 10.2 Å². The number of nitrogens with zero attached hydrogens (tertiary/aromatic N) is 3. The minimum Gasteiger partial charge on any atom is -0.358 e. The Bertz CT molecular complexity index is 806. The third-order valence-electron chi connectivity index (χ3n) is 4.19. The fourth-order valence-corrected chi connectivity index (χ4v) is 4.34. The van der Waals surface area contributed by atoms with Gasteiger partial charge in [0.15, 0.2) is 0 Å². The number of thiophene rings is 1. The highest BCUT2D eigenvalue weighted by molar-refractivity contribution is 7.18. The summed E-state index contributed by atoms with van der Waals surface area (Å²) in [5.74, 6) is 0.465. The van der Waals surface area contributed by atoms with Crippen molar-refractivity contribution in [1.29, 1.82) is 0 Å². The lowest BCUT2D eigenvalue weighted by molar-refractivity contribution is -0.121. The summed E-state index contributed by atoms with van der Waals surface area (Å²) in [4.78, 5) is 33.7. The molecule has 2 heterocycles. The Hall–Kier alpha value is -1.73. The van der Waals surface area contributed by atoms with E-state index in [0.717, 1.165) is 35.0 Å². The van der Waals surface area contributed by atoms with Crippen molar-refractivity contribution in [2.45, 2.75) is 38.8 Å².